The molecule has 0 unspecified atom stereocenters. The molecule has 7 heteroatoms. The number of hydrogen-bond donors (Lipinski definition) is 1. The Morgan fingerprint density at radius 2 is 2.17 bits per heavy atom. The number of aromatic nitrogens is 5. The molecule has 1 aromatic carbocycles. The second-order valence-electron chi connectivity index (χ2n) is 5.41. The first-order valence-electron chi connectivity index (χ1n) is 7.59. The quantitative estimate of drug-likeness (QED) is 0.607. The number of fused-ring (bicyclic) bond motifs is 1. The average Bonchev–Trinajstić information content (AvgIpc) is 3.21. The fourth-order valence-electron chi connectivity index (χ4n) is 2.37. The fourth-order valence-corrected chi connectivity index (χ4v) is 3.30. The van der Waals surface area contributed by atoms with Crippen molar-refractivity contribution in [3.8, 4) is 10.6 Å². The SMILES string of the molecule is Cn1cnc(CCNc2n[c]c(-c3nc4ccccc4s3)cn2)c1. The lowest BCUT2D eigenvalue weighted by molar-refractivity contribution is 0.909. The Morgan fingerprint density at radius 1 is 1.25 bits per heavy atom. The summed E-state index contributed by atoms with van der Waals surface area (Å²) in [6.07, 6.45) is 9.40. The van der Waals surface area contributed by atoms with E-state index in [0.29, 0.717) is 5.95 Å². The maximum absolute atomic E-state index is 4.59. The van der Waals surface area contributed by atoms with E-state index in [1.807, 2.05) is 36.0 Å². The number of aryl methyl sites for hydroxylation is 1. The molecule has 0 aliphatic rings. The van der Waals surface area contributed by atoms with Crippen LogP contribution in [0.4, 0.5) is 5.95 Å². The average molecular weight is 335 g/mol. The highest BCUT2D eigenvalue weighted by atomic mass is 32.1. The topological polar surface area (TPSA) is 68.5 Å². The Hall–Kier alpha value is -2.80. The Bertz CT molecular complexity index is 924. The van der Waals surface area contributed by atoms with E-state index in [2.05, 4.69) is 37.5 Å². The minimum absolute atomic E-state index is 0.566. The Labute approximate surface area is 143 Å². The molecule has 4 aromatic rings. The zero-order valence-corrected chi connectivity index (χ0v) is 13.9. The highest BCUT2D eigenvalue weighted by Gasteiger charge is 2.07. The van der Waals surface area contributed by atoms with Gasteiger partial charge in [0, 0.05) is 32.4 Å². The van der Waals surface area contributed by atoms with E-state index in [1.165, 1.54) is 0 Å². The van der Waals surface area contributed by atoms with Gasteiger partial charge in [-0.15, -0.1) is 11.3 Å². The van der Waals surface area contributed by atoms with Gasteiger partial charge in [0.2, 0.25) is 5.95 Å². The number of nitrogens with zero attached hydrogens (tertiary/aromatic N) is 5. The molecule has 0 bridgehead atoms. The highest BCUT2D eigenvalue weighted by Crippen LogP contribution is 2.28. The Kier molecular flexibility index (Phi) is 3.92. The first-order chi connectivity index (χ1) is 11.8. The summed E-state index contributed by atoms with van der Waals surface area (Å²) in [6, 6.07) is 8.06. The molecule has 1 radical (unpaired) electrons. The predicted octanol–water partition coefficient (Wildman–Crippen LogP) is 2.94. The molecule has 119 valence electrons. The van der Waals surface area contributed by atoms with Crippen LogP contribution in [0.25, 0.3) is 20.8 Å². The smallest absolute Gasteiger partial charge is 0.223 e. The van der Waals surface area contributed by atoms with Crippen LogP contribution >= 0.6 is 11.3 Å². The summed E-state index contributed by atoms with van der Waals surface area (Å²) in [7, 11) is 1.96. The molecule has 0 saturated carbocycles. The van der Waals surface area contributed by atoms with E-state index >= 15 is 0 Å². The van der Waals surface area contributed by atoms with Crippen molar-refractivity contribution in [2.45, 2.75) is 6.42 Å². The molecule has 4 rings (SSSR count). The number of anilines is 1. The molecule has 6 nitrogen and oxygen atoms in total. The number of para-hydroxylation sites is 1. The number of nitrogens with one attached hydrogen (secondary N) is 1. The molecular weight excluding hydrogens is 320 g/mol. The number of hydrogen-bond acceptors (Lipinski definition) is 6. The molecular formula is C17H15N6S. The maximum atomic E-state index is 4.59. The third-order valence-corrected chi connectivity index (χ3v) is 4.61. The summed E-state index contributed by atoms with van der Waals surface area (Å²) in [5, 5.41) is 4.07. The van der Waals surface area contributed by atoms with Crippen molar-refractivity contribution < 1.29 is 0 Å². The second-order valence-corrected chi connectivity index (χ2v) is 6.44. The van der Waals surface area contributed by atoms with Crippen molar-refractivity contribution in [3.63, 3.8) is 0 Å². The molecule has 0 spiro atoms. The first kappa shape index (κ1) is 14.8. The molecule has 0 aliphatic carbocycles. The summed E-state index contributed by atoms with van der Waals surface area (Å²) < 4.78 is 3.09. The van der Waals surface area contributed by atoms with Crippen LogP contribution in [0.1, 0.15) is 5.69 Å². The molecule has 1 N–H and O–H groups in total. The van der Waals surface area contributed by atoms with Crippen molar-refractivity contribution in [2.75, 3.05) is 11.9 Å². The normalized spacial score (nSPS) is 11.0. The van der Waals surface area contributed by atoms with Gasteiger partial charge in [-0.05, 0) is 12.1 Å². The van der Waals surface area contributed by atoms with Crippen molar-refractivity contribution >= 4 is 27.5 Å². The summed E-state index contributed by atoms with van der Waals surface area (Å²) in [4.78, 5) is 17.5. The van der Waals surface area contributed by atoms with Crippen LogP contribution in [0.2, 0.25) is 0 Å². The zero-order valence-electron chi connectivity index (χ0n) is 13.1. The lowest BCUT2D eigenvalue weighted by Crippen LogP contribution is -2.08. The van der Waals surface area contributed by atoms with Crippen molar-refractivity contribution in [1.29, 1.82) is 0 Å². The van der Waals surface area contributed by atoms with Gasteiger partial charge in [0.15, 0.2) is 0 Å². The molecule has 0 fully saturated rings. The van der Waals surface area contributed by atoms with E-state index in [0.717, 1.165) is 39.4 Å². The summed E-state index contributed by atoms with van der Waals surface area (Å²) in [6.45, 7) is 0.728. The van der Waals surface area contributed by atoms with Gasteiger partial charge in [0.05, 0.1) is 27.8 Å². The first-order valence-corrected chi connectivity index (χ1v) is 8.41. The van der Waals surface area contributed by atoms with Crippen molar-refractivity contribution in [3.05, 3.63) is 54.9 Å². The Morgan fingerprint density at radius 3 is 2.92 bits per heavy atom. The summed E-state index contributed by atoms with van der Waals surface area (Å²) in [5.41, 5.74) is 2.84. The Balaban J connectivity index is 1.42. The van der Waals surface area contributed by atoms with Gasteiger partial charge in [-0.3, -0.25) is 0 Å². The molecule has 3 heterocycles. The largest absolute Gasteiger partial charge is 0.354 e. The monoisotopic (exact) mass is 335 g/mol. The molecule has 0 aliphatic heterocycles. The van der Waals surface area contributed by atoms with Crippen molar-refractivity contribution in [2.24, 2.45) is 7.05 Å². The molecule has 0 amide bonds. The second kappa shape index (κ2) is 6.37. The van der Waals surface area contributed by atoms with Gasteiger partial charge in [0.25, 0.3) is 0 Å². The molecule has 0 saturated heterocycles. The van der Waals surface area contributed by atoms with Gasteiger partial charge < -0.3 is 9.88 Å². The third-order valence-electron chi connectivity index (χ3n) is 3.55. The van der Waals surface area contributed by atoms with Gasteiger partial charge in [-0.25, -0.2) is 19.9 Å². The van der Waals surface area contributed by atoms with Gasteiger partial charge in [-0.1, -0.05) is 12.1 Å². The van der Waals surface area contributed by atoms with Crippen LogP contribution in [0.5, 0.6) is 0 Å². The standard InChI is InChI=1S/C17H15N6S/c1-23-10-13(21-11-23)6-7-18-17-19-8-12(9-20-17)16-22-14-4-2-3-5-15(14)24-16/h2-5,8,10-11H,6-7H2,1H3,(H,18,19,20). The fraction of sp³-hybridized carbons (Fsp3) is 0.176. The highest BCUT2D eigenvalue weighted by molar-refractivity contribution is 7.21. The van der Waals surface area contributed by atoms with E-state index in [9.17, 15) is 0 Å². The number of thiazole rings is 1. The summed E-state index contributed by atoms with van der Waals surface area (Å²) >= 11 is 1.62. The number of rotatable bonds is 5. The van der Waals surface area contributed by atoms with Gasteiger partial charge >= 0.3 is 0 Å². The molecule has 3 aromatic heterocycles. The van der Waals surface area contributed by atoms with Crippen LogP contribution in [-0.4, -0.2) is 31.0 Å². The van der Waals surface area contributed by atoms with Crippen LogP contribution in [0.15, 0.2) is 43.0 Å². The number of benzene rings is 1. The van der Waals surface area contributed by atoms with Gasteiger partial charge in [0.1, 0.15) is 11.2 Å². The predicted molar refractivity (Wildman–Crippen MR) is 94.9 cm³/mol. The van der Waals surface area contributed by atoms with Gasteiger partial charge in [-0.2, -0.15) is 0 Å². The van der Waals surface area contributed by atoms with Crippen LogP contribution in [0.3, 0.4) is 0 Å². The number of imidazole rings is 1. The lowest BCUT2D eigenvalue weighted by atomic mass is 10.3. The minimum atomic E-state index is 0.566. The van der Waals surface area contributed by atoms with Crippen LogP contribution in [0, 0.1) is 6.20 Å². The third kappa shape index (κ3) is 3.11. The zero-order chi connectivity index (χ0) is 16.4. The van der Waals surface area contributed by atoms with Crippen LogP contribution in [-0.2, 0) is 13.5 Å². The van der Waals surface area contributed by atoms with E-state index in [-0.39, 0.29) is 0 Å². The van der Waals surface area contributed by atoms with E-state index in [4.69, 9.17) is 0 Å². The van der Waals surface area contributed by atoms with Crippen LogP contribution < -0.4 is 5.32 Å². The molecule has 0 atom stereocenters. The maximum Gasteiger partial charge on any atom is 0.223 e. The van der Waals surface area contributed by atoms with E-state index in [1.54, 1.807) is 23.9 Å². The minimum Gasteiger partial charge on any atom is -0.354 e. The van der Waals surface area contributed by atoms with Crippen molar-refractivity contribution in [1.82, 2.24) is 24.5 Å². The molecule has 24 heavy (non-hydrogen) atoms. The van der Waals surface area contributed by atoms with E-state index < -0.39 is 0 Å². The lowest BCUT2D eigenvalue weighted by Gasteiger charge is -2.03. The summed E-state index contributed by atoms with van der Waals surface area (Å²) in [5.74, 6) is 0.566.